The van der Waals surface area contributed by atoms with E-state index in [-0.39, 0.29) is 0 Å². The molecule has 0 spiro atoms. The highest BCUT2D eigenvalue weighted by Crippen LogP contribution is 2.21. The summed E-state index contributed by atoms with van der Waals surface area (Å²) in [5, 5.41) is 0. The fourth-order valence-corrected chi connectivity index (χ4v) is 2.90. The van der Waals surface area contributed by atoms with Gasteiger partial charge in [-0.2, -0.15) is 0 Å². The molecule has 1 aromatic carbocycles. The second-order valence-electron chi connectivity index (χ2n) is 5.80. The molecule has 1 heterocycles. The largest absolute Gasteiger partial charge is 0.496 e. The first-order chi connectivity index (χ1) is 10.0. The third-order valence-corrected chi connectivity index (χ3v) is 4.29. The Balaban J connectivity index is 2.01. The fourth-order valence-electron chi connectivity index (χ4n) is 2.74. The van der Waals surface area contributed by atoms with Gasteiger partial charge in [-0.1, -0.05) is 18.3 Å². The molecule has 0 aliphatic carbocycles. The minimum absolute atomic E-state index is 0.387. The molecule has 1 aromatic rings. The third kappa shape index (κ3) is 4.15. The number of piperazine rings is 1. The quantitative estimate of drug-likeness (QED) is 0.841. The van der Waals surface area contributed by atoms with Crippen molar-refractivity contribution in [2.45, 2.75) is 26.4 Å². The van der Waals surface area contributed by atoms with Crippen LogP contribution in [-0.2, 0) is 6.54 Å². The number of ether oxygens (including phenoxy) is 1. The number of methoxy groups -OCH3 is 1. The summed E-state index contributed by atoms with van der Waals surface area (Å²) >= 11 is 5.10. The molecule has 1 aliphatic rings. The Morgan fingerprint density at radius 2 is 1.95 bits per heavy atom. The van der Waals surface area contributed by atoms with Crippen LogP contribution in [0.2, 0.25) is 0 Å². The van der Waals surface area contributed by atoms with Crippen molar-refractivity contribution in [3.05, 3.63) is 29.3 Å². The van der Waals surface area contributed by atoms with E-state index in [1.807, 2.05) is 6.07 Å². The molecule has 0 atom stereocenters. The molecule has 0 unspecified atom stereocenters. The van der Waals surface area contributed by atoms with E-state index in [4.69, 9.17) is 22.7 Å². The van der Waals surface area contributed by atoms with E-state index in [1.54, 1.807) is 7.11 Å². The molecule has 116 valence electrons. The van der Waals surface area contributed by atoms with Gasteiger partial charge >= 0.3 is 0 Å². The van der Waals surface area contributed by atoms with Gasteiger partial charge in [0, 0.05) is 38.8 Å². The van der Waals surface area contributed by atoms with Gasteiger partial charge in [-0.3, -0.25) is 9.80 Å². The highest BCUT2D eigenvalue weighted by molar-refractivity contribution is 7.80. The number of nitrogens with two attached hydrogens (primary N) is 1. The van der Waals surface area contributed by atoms with E-state index in [0.717, 1.165) is 44.0 Å². The van der Waals surface area contributed by atoms with Crippen molar-refractivity contribution in [2.24, 2.45) is 5.73 Å². The lowest BCUT2D eigenvalue weighted by Crippen LogP contribution is -2.48. The summed E-state index contributed by atoms with van der Waals surface area (Å²) in [7, 11) is 1.64. The average molecular weight is 307 g/mol. The maximum absolute atomic E-state index is 5.77. The molecule has 1 saturated heterocycles. The molecular weight excluding hydrogens is 282 g/mol. The van der Waals surface area contributed by atoms with Crippen LogP contribution in [0.5, 0.6) is 5.75 Å². The van der Waals surface area contributed by atoms with E-state index >= 15 is 0 Å². The van der Waals surface area contributed by atoms with Crippen molar-refractivity contribution in [3.63, 3.8) is 0 Å². The number of nitrogens with zero attached hydrogens (tertiary/aromatic N) is 2. The van der Waals surface area contributed by atoms with Gasteiger partial charge in [0.15, 0.2) is 0 Å². The van der Waals surface area contributed by atoms with E-state index in [9.17, 15) is 0 Å². The van der Waals surface area contributed by atoms with Gasteiger partial charge in [-0.15, -0.1) is 0 Å². The lowest BCUT2D eigenvalue weighted by molar-refractivity contribution is 0.104. The average Bonchev–Trinajstić information content (AvgIpc) is 2.47. The second-order valence-corrected chi connectivity index (χ2v) is 6.24. The Hall–Kier alpha value is -1.17. The van der Waals surface area contributed by atoms with Crippen LogP contribution in [0, 0.1) is 0 Å². The van der Waals surface area contributed by atoms with Gasteiger partial charge in [0.1, 0.15) is 10.7 Å². The van der Waals surface area contributed by atoms with Crippen molar-refractivity contribution < 1.29 is 4.74 Å². The first-order valence-electron chi connectivity index (χ1n) is 7.44. The minimum atomic E-state index is 0.387. The third-order valence-electron chi connectivity index (χ3n) is 4.07. The summed E-state index contributed by atoms with van der Waals surface area (Å²) in [5.74, 6) is 0.746. The van der Waals surface area contributed by atoms with Gasteiger partial charge < -0.3 is 10.5 Å². The van der Waals surface area contributed by atoms with Crippen LogP contribution in [0.3, 0.4) is 0 Å². The number of rotatable bonds is 5. The molecule has 5 heteroatoms. The monoisotopic (exact) mass is 307 g/mol. The van der Waals surface area contributed by atoms with Gasteiger partial charge in [-0.05, 0) is 31.5 Å². The summed E-state index contributed by atoms with van der Waals surface area (Å²) in [6.45, 7) is 9.93. The molecule has 4 nitrogen and oxygen atoms in total. The Morgan fingerprint density at radius 3 is 2.48 bits per heavy atom. The Labute approximate surface area is 132 Å². The molecular formula is C16H25N3OS. The predicted octanol–water partition coefficient (Wildman–Crippen LogP) is 1.86. The zero-order valence-corrected chi connectivity index (χ0v) is 13.9. The number of hydrogen-bond acceptors (Lipinski definition) is 4. The number of hydrogen-bond donors (Lipinski definition) is 1. The van der Waals surface area contributed by atoms with Gasteiger partial charge in [0.25, 0.3) is 0 Å². The lowest BCUT2D eigenvalue weighted by atomic mass is 10.1. The molecule has 1 aliphatic heterocycles. The molecule has 21 heavy (non-hydrogen) atoms. The van der Waals surface area contributed by atoms with Crippen LogP contribution in [0.1, 0.15) is 25.0 Å². The zero-order valence-electron chi connectivity index (χ0n) is 13.1. The predicted molar refractivity (Wildman–Crippen MR) is 90.9 cm³/mol. The van der Waals surface area contributed by atoms with Gasteiger partial charge in [-0.25, -0.2) is 0 Å². The standard InChI is InChI=1S/C16H25N3OS/c1-12(2)19-8-6-18(7-9-19)11-13-4-5-15(20-3)14(10-13)16(17)21/h4-5,10,12H,6-9,11H2,1-3H3,(H2,17,21). The van der Waals surface area contributed by atoms with Crippen LogP contribution >= 0.6 is 12.2 Å². The molecule has 0 aromatic heterocycles. The van der Waals surface area contributed by atoms with Gasteiger partial charge in [0.05, 0.1) is 12.7 Å². The zero-order chi connectivity index (χ0) is 15.4. The Bertz CT molecular complexity index is 496. The maximum Gasteiger partial charge on any atom is 0.129 e. The Morgan fingerprint density at radius 1 is 1.29 bits per heavy atom. The summed E-state index contributed by atoms with van der Waals surface area (Å²) in [6, 6.07) is 6.73. The molecule has 1 fully saturated rings. The second kappa shape index (κ2) is 7.20. The molecule has 0 radical (unpaired) electrons. The van der Waals surface area contributed by atoms with Crippen molar-refractivity contribution >= 4 is 17.2 Å². The summed E-state index contributed by atoms with van der Waals surface area (Å²) in [5.41, 5.74) is 7.83. The first kappa shape index (κ1) is 16.2. The smallest absolute Gasteiger partial charge is 0.129 e. The normalized spacial score (nSPS) is 17.1. The molecule has 0 amide bonds. The van der Waals surface area contributed by atoms with E-state index in [2.05, 4.69) is 35.8 Å². The summed E-state index contributed by atoms with van der Waals surface area (Å²) in [6.07, 6.45) is 0. The number of thiocarbonyl (C=S) groups is 1. The van der Waals surface area contributed by atoms with Gasteiger partial charge in [0.2, 0.25) is 0 Å². The van der Waals surface area contributed by atoms with E-state index < -0.39 is 0 Å². The molecule has 0 bridgehead atoms. The minimum Gasteiger partial charge on any atom is -0.496 e. The lowest BCUT2D eigenvalue weighted by Gasteiger charge is -2.37. The van der Waals surface area contributed by atoms with E-state index in [0.29, 0.717) is 11.0 Å². The highest BCUT2D eigenvalue weighted by Gasteiger charge is 2.19. The molecule has 2 N–H and O–H groups in total. The van der Waals surface area contributed by atoms with Crippen LogP contribution < -0.4 is 10.5 Å². The maximum atomic E-state index is 5.77. The van der Waals surface area contributed by atoms with Crippen LogP contribution in [-0.4, -0.2) is 54.1 Å². The van der Waals surface area contributed by atoms with Crippen molar-refractivity contribution in [2.75, 3.05) is 33.3 Å². The number of benzene rings is 1. The van der Waals surface area contributed by atoms with Crippen LogP contribution in [0.15, 0.2) is 18.2 Å². The summed E-state index contributed by atoms with van der Waals surface area (Å²) < 4.78 is 5.30. The van der Waals surface area contributed by atoms with Crippen LogP contribution in [0.25, 0.3) is 0 Å². The van der Waals surface area contributed by atoms with E-state index in [1.165, 1.54) is 5.56 Å². The van der Waals surface area contributed by atoms with Crippen molar-refractivity contribution in [1.82, 2.24) is 9.80 Å². The van der Waals surface area contributed by atoms with Crippen molar-refractivity contribution in [3.8, 4) is 5.75 Å². The summed E-state index contributed by atoms with van der Waals surface area (Å²) in [4.78, 5) is 5.38. The van der Waals surface area contributed by atoms with Crippen LogP contribution in [0.4, 0.5) is 0 Å². The Kier molecular flexibility index (Phi) is 5.56. The van der Waals surface area contributed by atoms with Crippen molar-refractivity contribution in [1.29, 1.82) is 0 Å². The first-order valence-corrected chi connectivity index (χ1v) is 7.85. The molecule has 0 saturated carbocycles. The topological polar surface area (TPSA) is 41.7 Å². The highest BCUT2D eigenvalue weighted by atomic mass is 32.1. The SMILES string of the molecule is COc1ccc(CN2CCN(C(C)C)CC2)cc1C(N)=S. The fraction of sp³-hybridized carbons (Fsp3) is 0.562. The molecule has 2 rings (SSSR count).